The molecule has 3 atom stereocenters. The number of aliphatic carboxylic acids is 1. The fraction of sp³-hybridized carbons (Fsp3) is 0.933. The van der Waals surface area contributed by atoms with Crippen molar-refractivity contribution in [1.82, 2.24) is 5.32 Å². The molecule has 0 heterocycles. The third-order valence-corrected chi connectivity index (χ3v) is 11.6. The number of nitrogens with one attached hydrogen (secondary N) is 1. The Labute approximate surface area is 348 Å². The van der Waals surface area contributed by atoms with Crippen LogP contribution in [0.3, 0.4) is 0 Å². The number of unbranched alkanes of at least 4 members (excludes halogenated alkanes) is 31. The highest BCUT2D eigenvalue weighted by Crippen LogP contribution is 2.43. The summed E-state index contributed by atoms with van der Waals surface area (Å²) in [5.74, 6) is -2.36. The summed E-state index contributed by atoms with van der Waals surface area (Å²) in [6.45, 7) is 2.60. The molecular formula is C45H88NO10P. The van der Waals surface area contributed by atoms with Crippen molar-refractivity contribution in [3.8, 4) is 0 Å². The maximum Gasteiger partial charge on any atom is 0.472 e. The van der Waals surface area contributed by atoms with Gasteiger partial charge in [-0.05, 0) is 12.8 Å². The van der Waals surface area contributed by atoms with Crippen molar-refractivity contribution >= 4 is 25.7 Å². The van der Waals surface area contributed by atoms with Gasteiger partial charge < -0.3 is 25.2 Å². The maximum absolute atomic E-state index is 12.2. The Bertz CT molecular complexity index is 984. The van der Waals surface area contributed by atoms with Gasteiger partial charge in [0.1, 0.15) is 12.7 Å². The van der Waals surface area contributed by atoms with Crippen molar-refractivity contribution < 1.29 is 47.8 Å². The molecule has 0 aliphatic carbocycles. The topological polar surface area (TPSA) is 169 Å². The highest BCUT2D eigenvalue weighted by atomic mass is 31.2. The number of carbonyl (C=O) groups excluding carboxylic acids is 2. The van der Waals surface area contributed by atoms with Gasteiger partial charge in [0.05, 0.1) is 13.2 Å². The first kappa shape index (κ1) is 55.5. The monoisotopic (exact) mass is 834 g/mol. The smallest absolute Gasteiger partial charge is 0.472 e. The van der Waals surface area contributed by atoms with Crippen LogP contribution in [-0.4, -0.2) is 64.9 Å². The van der Waals surface area contributed by atoms with E-state index in [1.54, 1.807) is 0 Å². The predicted molar refractivity (Wildman–Crippen MR) is 231 cm³/mol. The summed E-state index contributed by atoms with van der Waals surface area (Å²) in [5.41, 5.74) is 0. The van der Waals surface area contributed by atoms with Crippen LogP contribution < -0.4 is 5.32 Å². The van der Waals surface area contributed by atoms with Crippen LogP contribution in [0.25, 0.3) is 0 Å². The lowest BCUT2D eigenvalue weighted by molar-refractivity contribution is -0.147. The van der Waals surface area contributed by atoms with Crippen LogP contribution in [0, 0.1) is 0 Å². The minimum absolute atomic E-state index is 0.151. The number of ether oxygens (including phenoxy) is 1. The van der Waals surface area contributed by atoms with Gasteiger partial charge in [-0.25, -0.2) is 9.36 Å². The molecule has 12 heteroatoms. The summed E-state index contributed by atoms with van der Waals surface area (Å²) in [7, 11) is -4.75. The number of carbonyl (C=O) groups is 3. The summed E-state index contributed by atoms with van der Waals surface area (Å²) < 4.78 is 26.8. The molecule has 11 nitrogen and oxygen atoms in total. The highest BCUT2D eigenvalue weighted by molar-refractivity contribution is 7.47. The molecule has 0 fully saturated rings. The Morgan fingerprint density at radius 1 is 0.491 bits per heavy atom. The zero-order chi connectivity index (χ0) is 42.1. The van der Waals surface area contributed by atoms with Gasteiger partial charge >= 0.3 is 19.8 Å². The van der Waals surface area contributed by atoms with Gasteiger partial charge in [0.15, 0.2) is 6.04 Å². The predicted octanol–water partition coefficient (Wildman–Crippen LogP) is 12.3. The van der Waals surface area contributed by atoms with Crippen molar-refractivity contribution in [3.63, 3.8) is 0 Å². The second kappa shape index (κ2) is 41.2. The number of rotatable bonds is 45. The van der Waals surface area contributed by atoms with E-state index in [1.807, 2.05) is 0 Å². The first-order valence-electron chi connectivity index (χ1n) is 23.6. The molecule has 0 rings (SSSR count). The largest absolute Gasteiger partial charge is 0.480 e. The molecule has 0 saturated heterocycles. The summed E-state index contributed by atoms with van der Waals surface area (Å²) in [6, 6.07) is -1.54. The van der Waals surface area contributed by atoms with Crippen LogP contribution in [0.4, 0.5) is 0 Å². The highest BCUT2D eigenvalue weighted by Gasteiger charge is 2.28. The second-order valence-electron chi connectivity index (χ2n) is 16.3. The number of esters is 1. The molecule has 4 N–H and O–H groups in total. The number of aliphatic hydroxyl groups excluding tert-OH is 1. The number of hydrogen-bond donors (Lipinski definition) is 4. The van der Waals surface area contributed by atoms with Crippen molar-refractivity contribution in [2.45, 2.75) is 251 Å². The molecule has 0 aromatic carbocycles. The van der Waals surface area contributed by atoms with Crippen molar-refractivity contribution in [1.29, 1.82) is 0 Å². The van der Waals surface area contributed by atoms with E-state index in [9.17, 15) is 34.1 Å². The van der Waals surface area contributed by atoms with Crippen LogP contribution in [-0.2, 0) is 32.7 Å². The molecular weight excluding hydrogens is 745 g/mol. The molecule has 0 aromatic rings. The Morgan fingerprint density at radius 3 is 1.16 bits per heavy atom. The Balaban J connectivity index is 3.73. The number of carboxylic acids is 1. The van der Waals surface area contributed by atoms with E-state index in [1.165, 1.54) is 161 Å². The third kappa shape index (κ3) is 41.0. The Morgan fingerprint density at radius 2 is 0.807 bits per heavy atom. The van der Waals surface area contributed by atoms with Crippen LogP contribution >= 0.6 is 7.82 Å². The van der Waals surface area contributed by atoms with E-state index in [2.05, 4.69) is 19.2 Å². The van der Waals surface area contributed by atoms with Crippen LogP contribution in [0.5, 0.6) is 0 Å². The SMILES string of the molecule is CCCCCCCCCCCCCCCCCCCCCCCCCC(=O)OCC(O)COP(=O)(O)OCC(NC(=O)CCCCCCCCCCCC)C(=O)O. The standard InChI is InChI=1S/C45H88NO10P/c1-3-5-7-9-11-13-15-16-17-18-19-20-21-22-23-24-25-26-27-29-31-33-35-37-44(49)54-38-41(47)39-55-57(52,53)56-40-42(45(50)51)46-43(48)36-34-32-30-28-14-12-10-8-6-4-2/h41-42,47H,3-40H2,1-2H3,(H,46,48)(H,50,51)(H,52,53). The van der Waals surface area contributed by atoms with Crippen LogP contribution in [0.15, 0.2) is 0 Å². The second-order valence-corrected chi connectivity index (χ2v) is 17.8. The molecule has 0 aliphatic rings. The Kier molecular flexibility index (Phi) is 40.1. The average molecular weight is 834 g/mol. The summed E-state index contributed by atoms with van der Waals surface area (Å²) in [4.78, 5) is 45.8. The molecule has 0 spiro atoms. The van der Waals surface area contributed by atoms with Crippen LogP contribution in [0.1, 0.15) is 239 Å². The average Bonchev–Trinajstić information content (AvgIpc) is 3.18. The molecule has 0 aromatic heterocycles. The van der Waals surface area contributed by atoms with Gasteiger partial charge in [0.25, 0.3) is 0 Å². The number of aliphatic hydroxyl groups is 1. The quantitative estimate of drug-likeness (QED) is 0.0263. The van der Waals surface area contributed by atoms with Gasteiger partial charge in [-0.15, -0.1) is 0 Å². The first-order chi connectivity index (χ1) is 27.6. The number of phosphoric ester groups is 1. The molecule has 0 bridgehead atoms. The van der Waals surface area contributed by atoms with Crippen molar-refractivity contribution in [3.05, 3.63) is 0 Å². The van der Waals surface area contributed by atoms with Crippen molar-refractivity contribution in [2.75, 3.05) is 19.8 Å². The molecule has 57 heavy (non-hydrogen) atoms. The minimum Gasteiger partial charge on any atom is -0.480 e. The molecule has 3 unspecified atom stereocenters. The van der Waals surface area contributed by atoms with Gasteiger partial charge in [-0.2, -0.15) is 0 Å². The van der Waals surface area contributed by atoms with Gasteiger partial charge in [-0.1, -0.05) is 213 Å². The molecule has 338 valence electrons. The van der Waals surface area contributed by atoms with E-state index in [4.69, 9.17) is 13.8 Å². The normalized spacial score (nSPS) is 13.6. The molecule has 1 amide bonds. The number of amides is 1. The number of carboxylic acid groups (broad SMARTS) is 1. The summed E-state index contributed by atoms with van der Waals surface area (Å²) >= 11 is 0. The summed E-state index contributed by atoms with van der Waals surface area (Å²) in [5, 5.41) is 21.8. The van der Waals surface area contributed by atoms with E-state index < -0.39 is 57.6 Å². The van der Waals surface area contributed by atoms with E-state index in [-0.39, 0.29) is 12.8 Å². The number of hydrogen-bond acceptors (Lipinski definition) is 8. The number of phosphoric acid groups is 1. The fourth-order valence-corrected chi connectivity index (χ4v) is 7.74. The zero-order valence-electron chi connectivity index (χ0n) is 36.7. The maximum atomic E-state index is 12.2. The molecule has 0 aliphatic heterocycles. The first-order valence-corrected chi connectivity index (χ1v) is 25.1. The summed E-state index contributed by atoms with van der Waals surface area (Å²) in [6.07, 6.45) is 40.1. The van der Waals surface area contributed by atoms with E-state index >= 15 is 0 Å². The lowest BCUT2D eigenvalue weighted by atomic mass is 10.0. The van der Waals surface area contributed by atoms with Gasteiger partial charge in [0, 0.05) is 12.8 Å². The molecule has 0 radical (unpaired) electrons. The van der Waals surface area contributed by atoms with Gasteiger partial charge in [0.2, 0.25) is 5.91 Å². The zero-order valence-corrected chi connectivity index (χ0v) is 37.6. The minimum atomic E-state index is -4.75. The lowest BCUT2D eigenvalue weighted by Gasteiger charge is -2.18. The van der Waals surface area contributed by atoms with Crippen molar-refractivity contribution in [2.24, 2.45) is 0 Å². The molecule has 0 saturated carbocycles. The van der Waals surface area contributed by atoms with E-state index in [0.717, 1.165) is 38.5 Å². The fourth-order valence-electron chi connectivity index (χ4n) is 6.96. The Hall–Kier alpha value is -1.52. The van der Waals surface area contributed by atoms with E-state index in [0.29, 0.717) is 12.8 Å². The third-order valence-electron chi connectivity index (χ3n) is 10.6. The van der Waals surface area contributed by atoms with Gasteiger partial charge in [-0.3, -0.25) is 18.6 Å². The lowest BCUT2D eigenvalue weighted by Crippen LogP contribution is -2.43. The van der Waals surface area contributed by atoms with Crippen LogP contribution in [0.2, 0.25) is 0 Å².